The van der Waals surface area contributed by atoms with Crippen LogP contribution in [0.25, 0.3) is 0 Å². The molecular formula is C24H31Cl2N3O4S. The largest absolute Gasteiger partial charge is 0.357 e. The molecule has 0 aromatic heterocycles. The maximum atomic E-state index is 13.3. The average molecular weight is 529 g/mol. The van der Waals surface area contributed by atoms with Crippen LogP contribution >= 0.6 is 23.2 Å². The Morgan fingerprint density at radius 1 is 1.12 bits per heavy atom. The molecule has 1 N–H and O–H groups in total. The molecule has 0 unspecified atom stereocenters. The fourth-order valence-electron chi connectivity index (χ4n) is 3.75. The van der Waals surface area contributed by atoms with E-state index in [0.29, 0.717) is 27.7 Å². The van der Waals surface area contributed by atoms with Crippen molar-refractivity contribution >= 4 is 50.7 Å². The van der Waals surface area contributed by atoms with Gasteiger partial charge in [0.1, 0.15) is 6.04 Å². The Labute approximate surface area is 212 Å². The number of benzene rings is 2. The first-order valence-electron chi connectivity index (χ1n) is 11.0. The number of likely N-dealkylation sites (N-methyl/N-ethyl adjacent to an activating group) is 1. The van der Waals surface area contributed by atoms with Gasteiger partial charge >= 0.3 is 0 Å². The van der Waals surface area contributed by atoms with Gasteiger partial charge in [0.25, 0.3) is 0 Å². The molecule has 34 heavy (non-hydrogen) atoms. The van der Waals surface area contributed by atoms with Crippen molar-refractivity contribution in [2.45, 2.75) is 45.7 Å². The third-order valence-corrected chi connectivity index (χ3v) is 7.29. The summed E-state index contributed by atoms with van der Waals surface area (Å²) in [5.74, 6) is -0.543. The Morgan fingerprint density at radius 2 is 1.79 bits per heavy atom. The molecule has 10 heteroatoms. The van der Waals surface area contributed by atoms with E-state index in [1.165, 1.54) is 16.3 Å². The summed E-state index contributed by atoms with van der Waals surface area (Å²) in [7, 11) is -2.02. The van der Waals surface area contributed by atoms with Gasteiger partial charge in [-0.2, -0.15) is 0 Å². The highest BCUT2D eigenvalue weighted by molar-refractivity contribution is 7.92. The maximum Gasteiger partial charge on any atom is 0.242 e. The minimum absolute atomic E-state index is 0.0661. The molecule has 0 bridgehead atoms. The second-order valence-electron chi connectivity index (χ2n) is 8.02. The van der Waals surface area contributed by atoms with Crippen LogP contribution < -0.4 is 9.62 Å². The third-order valence-electron chi connectivity index (χ3n) is 5.52. The normalized spacial score (nSPS) is 12.2. The number of carbonyl (C=O) groups excluding carboxylic acids is 2. The Hall–Kier alpha value is -2.29. The minimum atomic E-state index is -3.54. The molecule has 2 rings (SSSR count). The molecule has 7 nitrogen and oxygen atoms in total. The number of anilines is 1. The monoisotopic (exact) mass is 527 g/mol. The summed E-state index contributed by atoms with van der Waals surface area (Å²) < 4.78 is 26.2. The highest BCUT2D eigenvalue weighted by atomic mass is 35.5. The van der Waals surface area contributed by atoms with Crippen LogP contribution in [0.15, 0.2) is 42.5 Å². The number of nitrogens with one attached hydrogen (secondary N) is 1. The van der Waals surface area contributed by atoms with Crippen LogP contribution in [0.2, 0.25) is 10.0 Å². The van der Waals surface area contributed by atoms with E-state index in [2.05, 4.69) is 5.32 Å². The van der Waals surface area contributed by atoms with E-state index >= 15 is 0 Å². The number of nitrogens with zero attached hydrogens (tertiary/aromatic N) is 2. The van der Waals surface area contributed by atoms with Gasteiger partial charge < -0.3 is 10.2 Å². The summed E-state index contributed by atoms with van der Waals surface area (Å²) in [5, 5.41) is 3.49. The van der Waals surface area contributed by atoms with Crippen molar-refractivity contribution in [1.29, 1.82) is 0 Å². The first kappa shape index (κ1) is 28.0. The SMILES string of the molecule is CC[C@@H](C(=O)NC)N(Cc1ccc(Cl)cc1Cl)C(=O)CCCN(c1ccccc1C)S(C)(=O)=O. The van der Waals surface area contributed by atoms with E-state index in [0.717, 1.165) is 11.8 Å². The Bertz CT molecular complexity index is 1120. The van der Waals surface area contributed by atoms with Gasteiger partial charge in [0, 0.05) is 36.6 Å². The van der Waals surface area contributed by atoms with Crippen LogP contribution in [0, 0.1) is 6.92 Å². The van der Waals surface area contributed by atoms with Crippen LogP contribution in [0.3, 0.4) is 0 Å². The molecule has 0 saturated carbocycles. The van der Waals surface area contributed by atoms with Gasteiger partial charge in [-0.15, -0.1) is 0 Å². The van der Waals surface area contributed by atoms with Crippen LogP contribution in [0.1, 0.15) is 37.3 Å². The van der Waals surface area contributed by atoms with E-state index in [4.69, 9.17) is 23.2 Å². The van der Waals surface area contributed by atoms with E-state index in [1.54, 1.807) is 30.3 Å². The molecule has 0 heterocycles. The third kappa shape index (κ3) is 7.35. The Morgan fingerprint density at radius 3 is 2.35 bits per heavy atom. The Balaban J connectivity index is 2.23. The number of sulfonamides is 1. The zero-order valence-electron chi connectivity index (χ0n) is 19.8. The number of carbonyl (C=O) groups is 2. The lowest BCUT2D eigenvalue weighted by Crippen LogP contribution is -2.48. The quantitative estimate of drug-likeness (QED) is 0.469. The van der Waals surface area contributed by atoms with Crippen molar-refractivity contribution in [2.24, 2.45) is 0 Å². The van der Waals surface area contributed by atoms with E-state index < -0.39 is 16.1 Å². The van der Waals surface area contributed by atoms with Gasteiger partial charge in [-0.3, -0.25) is 13.9 Å². The van der Waals surface area contributed by atoms with Gasteiger partial charge in [-0.05, 0) is 49.1 Å². The van der Waals surface area contributed by atoms with Crippen LogP contribution in [0.5, 0.6) is 0 Å². The van der Waals surface area contributed by atoms with Crippen LogP contribution in [-0.2, 0) is 26.2 Å². The zero-order valence-corrected chi connectivity index (χ0v) is 22.2. The number of halogens is 2. The van der Waals surface area contributed by atoms with Crippen molar-refractivity contribution in [3.8, 4) is 0 Å². The predicted octanol–water partition coefficient (Wildman–Crippen LogP) is 4.40. The molecule has 0 aliphatic heterocycles. The van der Waals surface area contributed by atoms with Gasteiger partial charge in [-0.1, -0.05) is 54.4 Å². The highest BCUT2D eigenvalue weighted by Crippen LogP contribution is 2.25. The predicted molar refractivity (Wildman–Crippen MR) is 138 cm³/mol. The summed E-state index contributed by atoms with van der Waals surface area (Å²) >= 11 is 12.3. The first-order chi connectivity index (χ1) is 16.0. The molecule has 0 saturated heterocycles. The minimum Gasteiger partial charge on any atom is -0.357 e. The molecule has 2 amide bonds. The lowest BCUT2D eigenvalue weighted by Gasteiger charge is -2.31. The number of aryl methyl sites for hydroxylation is 1. The molecule has 0 aliphatic rings. The molecule has 186 valence electrons. The second kappa shape index (κ2) is 12.4. The van der Waals surface area contributed by atoms with E-state index in [9.17, 15) is 18.0 Å². The number of rotatable bonds is 11. The van der Waals surface area contributed by atoms with Crippen LogP contribution in [-0.4, -0.2) is 51.0 Å². The van der Waals surface area contributed by atoms with Crippen molar-refractivity contribution in [3.63, 3.8) is 0 Å². The van der Waals surface area contributed by atoms with Gasteiger partial charge in [-0.25, -0.2) is 8.42 Å². The van der Waals surface area contributed by atoms with Gasteiger partial charge in [0.2, 0.25) is 21.8 Å². The summed E-state index contributed by atoms with van der Waals surface area (Å²) in [6.45, 7) is 3.94. The van der Waals surface area contributed by atoms with E-state index in [-0.39, 0.29) is 37.7 Å². The van der Waals surface area contributed by atoms with Crippen molar-refractivity contribution in [2.75, 3.05) is 24.2 Å². The molecule has 2 aromatic carbocycles. The van der Waals surface area contributed by atoms with Crippen LogP contribution in [0.4, 0.5) is 5.69 Å². The molecule has 0 radical (unpaired) electrons. The van der Waals surface area contributed by atoms with E-state index in [1.807, 2.05) is 26.0 Å². The molecule has 0 fully saturated rings. The fraction of sp³-hybridized carbons (Fsp3) is 0.417. The fourth-order valence-corrected chi connectivity index (χ4v) is 5.24. The molecular weight excluding hydrogens is 497 g/mol. The smallest absolute Gasteiger partial charge is 0.242 e. The number of amides is 2. The first-order valence-corrected chi connectivity index (χ1v) is 13.6. The highest BCUT2D eigenvalue weighted by Gasteiger charge is 2.29. The topological polar surface area (TPSA) is 86.8 Å². The standard InChI is InChI=1S/C24H31Cl2N3O4S/c1-5-21(24(31)27-3)28(16-18-12-13-19(25)15-20(18)26)23(30)11-8-14-29(34(4,32)33)22-10-7-6-9-17(22)2/h6-7,9-10,12-13,15,21H,5,8,11,14,16H2,1-4H3,(H,27,31)/t21-/m0/s1. The summed E-state index contributed by atoms with van der Waals surface area (Å²) in [4.78, 5) is 27.3. The maximum absolute atomic E-state index is 13.3. The molecule has 1 atom stereocenters. The molecule has 0 aliphatic carbocycles. The summed E-state index contributed by atoms with van der Waals surface area (Å²) in [6, 6.07) is 11.5. The molecule has 2 aromatic rings. The number of hydrogen-bond donors (Lipinski definition) is 1. The zero-order chi connectivity index (χ0) is 25.5. The second-order valence-corrected chi connectivity index (χ2v) is 10.8. The lowest BCUT2D eigenvalue weighted by molar-refractivity contribution is -0.141. The van der Waals surface area contributed by atoms with Crippen molar-refractivity contribution in [1.82, 2.24) is 10.2 Å². The van der Waals surface area contributed by atoms with Gasteiger partial charge in [0.15, 0.2) is 0 Å². The summed E-state index contributed by atoms with van der Waals surface area (Å²) in [6.07, 6.45) is 1.91. The Kier molecular flexibility index (Phi) is 10.2. The van der Waals surface area contributed by atoms with Gasteiger partial charge in [0.05, 0.1) is 11.9 Å². The van der Waals surface area contributed by atoms with Crippen molar-refractivity contribution < 1.29 is 18.0 Å². The number of hydrogen-bond acceptors (Lipinski definition) is 4. The average Bonchev–Trinajstić information content (AvgIpc) is 2.77. The molecule has 0 spiro atoms. The number of para-hydroxylation sites is 1. The summed E-state index contributed by atoms with van der Waals surface area (Å²) in [5.41, 5.74) is 2.07. The van der Waals surface area contributed by atoms with Crippen molar-refractivity contribution in [3.05, 3.63) is 63.6 Å². The lowest BCUT2D eigenvalue weighted by atomic mass is 10.1.